The molecule has 1 atom stereocenters. The van der Waals surface area contributed by atoms with E-state index in [1.807, 2.05) is 12.1 Å². The fraction of sp³-hybridized carbons (Fsp3) is 0.421. The molecule has 1 aromatic rings. The topological polar surface area (TPSA) is 125 Å². The molecule has 0 spiro atoms. The van der Waals surface area contributed by atoms with Crippen molar-refractivity contribution in [2.75, 3.05) is 39.9 Å². The lowest BCUT2D eigenvalue weighted by molar-refractivity contribution is -0.134. The number of carbonyl (C=O) groups is 3. The second-order valence-corrected chi connectivity index (χ2v) is 5.81. The first-order valence-corrected chi connectivity index (χ1v) is 8.76. The predicted octanol–water partition coefficient (Wildman–Crippen LogP) is 0.858. The number of aliphatic carboxylic acids is 2. The second-order valence-electron chi connectivity index (χ2n) is 5.81. The summed E-state index contributed by atoms with van der Waals surface area (Å²) in [7, 11) is 1.56. The van der Waals surface area contributed by atoms with Gasteiger partial charge in [0.1, 0.15) is 5.75 Å². The second kappa shape index (κ2) is 12.5. The van der Waals surface area contributed by atoms with Gasteiger partial charge >= 0.3 is 11.9 Å². The highest BCUT2D eigenvalue weighted by Gasteiger charge is 2.20. The Morgan fingerprint density at radius 3 is 2.46 bits per heavy atom. The van der Waals surface area contributed by atoms with E-state index < -0.39 is 11.9 Å². The zero-order valence-electron chi connectivity index (χ0n) is 16.0. The van der Waals surface area contributed by atoms with Gasteiger partial charge in [-0.25, -0.2) is 9.59 Å². The number of amides is 1. The van der Waals surface area contributed by atoms with Crippen LogP contribution in [0.25, 0.3) is 0 Å². The number of ether oxygens (including phenoxy) is 2. The summed E-state index contributed by atoms with van der Waals surface area (Å²) in [5.41, 5.74) is 0.554. The van der Waals surface area contributed by atoms with Crippen LogP contribution in [0.2, 0.25) is 0 Å². The molecule has 1 aliphatic rings. The Kier molecular flexibility index (Phi) is 10.3. The van der Waals surface area contributed by atoms with E-state index in [-0.39, 0.29) is 12.0 Å². The minimum absolute atomic E-state index is 0.0577. The van der Waals surface area contributed by atoms with Gasteiger partial charge in [-0.1, -0.05) is 19.1 Å². The summed E-state index contributed by atoms with van der Waals surface area (Å²) in [6, 6.07) is 7.21. The third kappa shape index (κ3) is 8.65. The Balaban J connectivity index is 0.000000416. The van der Waals surface area contributed by atoms with Crippen molar-refractivity contribution in [1.82, 2.24) is 10.2 Å². The van der Waals surface area contributed by atoms with Crippen LogP contribution in [0.1, 0.15) is 17.3 Å². The first-order valence-electron chi connectivity index (χ1n) is 8.76. The Morgan fingerprint density at radius 1 is 1.25 bits per heavy atom. The van der Waals surface area contributed by atoms with Crippen molar-refractivity contribution < 1.29 is 34.1 Å². The number of carbonyl (C=O) groups excluding carboxylic acids is 1. The number of carboxylic acids is 2. The van der Waals surface area contributed by atoms with Gasteiger partial charge in [-0.3, -0.25) is 9.69 Å². The van der Waals surface area contributed by atoms with E-state index in [2.05, 4.69) is 17.1 Å². The number of rotatable bonds is 7. The summed E-state index contributed by atoms with van der Waals surface area (Å²) in [6.45, 7) is 6.22. The molecule has 1 fully saturated rings. The van der Waals surface area contributed by atoms with Gasteiger partial charge in [0.25, 0.3) is 5.91 Å². The van der Waals surface area contributed by atoms with Crippen molar-refractivity contribution >= 4 is 17.8 Å². The van der Waals surface area contributed by atoms with Crippen LogP contribution >= 0.6 is 0 Å². The summed E-state index contributed by atoms with van der Waals surface area (Å²) < 4.78 is 10.9. The van der Waals surface area contributed by atoms with E-state index in [4.69, 9.17) is 19.7 Å². The third-order valence-electron chi connectivity index (χ3n) is 3.88. The smallest absolute Gasteiger partial charge is 0.328 e. The molecule has 0 aromatic heterocycles. The van der Waals surface area contributed by atoms with Crippen LogP contribution in [0.15, 0.2) is 36.4 Å². The van der Waals surface area contributed by atoms with E-state index in [9.17, 15) is 14.4 Å². The van der Waals surface area contributed by atoms with Crippen molar-refractivity contribution in [3.05, 3.63) is 42.0 Å². The average Bonchev–Trinajstić information content (AvgIpc) is 2.71. The number of nitrogens with one attached hydrogen (secondary N) is 1. The Morgan fingerprint density at radius 2 is 1.89 bits per heavy atom. The lowest BCUT2D eigenvalue weighted by atomic mass is 10.2. The standard InChI is InChI=1S/C15H22N2O3.C4H4O4/c1-3-17-8-9-20-12(11-17)10-16-15(18)13-6-4-5-7-14(13)19-2;5-3(6)1-2-4(7)8/h4-7,12H,3,8-11H2,1-2H3,(H,16,18);1-2H,(H,5,6)(H,7,8). The summed E-state index contributed by atoms with van der Waals surface area (Å²) >= 11 is 0. The number of para-hydroxylation sites is 1. The maximum Gasteiger partial charge on any atom is 0.328 e. The van der Waals surface area contributed by atoms with E-state index in [0.717, 1.165) is 26.2 Å². The molecule has 2 rings (SSSR count). The van der Waals surface area contributed by atoms with Crippen molar-refractivity contribution in [1.29, 1.82) is 0 Å². The zero-order chi connectivity index (χ0) is 20.9. The van der Waals surface area contributed by atoms with Crippen molar-refractivity contribution in [3.63, 3.8) is 0 Å². The van der Waals surface area contributed by atoms with Crippen LogP contribution in [0, 0.1) is 0 Å². The minimum Gasteiger partial charge on any atom is -0.496 e. The van der Waals surface area contributed by atoms with E-state index in [0.29, 0.717) is 30.0 Å². The molecule has 0 bridgehead atoms. The van der Waals surface area contributed by atoms with Gasteiger partial charge in [-0.05, 0) is 18.7 Å². The number of hydrogen-bond donors (Lipinski definition) is 3. The average molecular weight is 394 g/mol. The molecule has 1 amide bonds. The number of methoxy groups -OCH3 is 1. The van der Waals surface area contributed by atoms with Gasteiger partial charge in [-0.2, -0.15) is 0 Å². The Hall–Kier alpha value is -2.91. The highest BCUT2D eigenvalue weighted by Crippen LogP contribution is 2.16. The predicted molar refractivity (Wildman–Crippen MR) is 102 cm³/mol. The Labute approximate surface area is 163 Å². The van der Waals surface area contributed by atoms with E-state index >= 15 is 0 Å². The fourth-order valence-electron chi connectivity index (χ4n) is 2.47. The summed E-state index contributed by atoms with van der Waals surface area (Å²) in [5, 5.41) is 18.5. The molecule has 154 valence electrons. The largest absolute Gasteiger partial charge is 0.496 e. The number of nitrogens with zero attached hydrogens (tertiary/aromatic N) is 1. The fourth-order valence-corrected chi connectivity index (χ4v) is 2.47. The van der Waals surface area contributed by atoms with Crippen LogP contribution in [-0.2, 0) is 14.3 Å². The lowest BCUT2D eigenvalue weighted by Crippen LogP contribution is -2.47. The van der Waals surface area contributed by atoms with E-state index in [1.54, 1.807) is 19.2 Å². The van der Waals surface area contributed by atoms with Crippen LogP contribution in [0.3, 0.4) is 0 Å². The molecule has 1 saturated heterocycles. The summed E-state index contributed by atoms with van der Waals surface area (Å²) in [5.74, 6) is -2.05. The number of benzene rings is 1. The molecular weight excluding hydrogens is 368 g/mol. The van der Waals surface area contributed by atoms with Crippen molar-refractivity contribution in [2.45, 2.75) is 13.0 Å². The molecule has 3 N–H and O–H groups in total. The highest BCUT2D eigenvalue weighted by molar-refractivity contribution is 5.96. The molecule has 0 aliphatic carbocycles. The van der Waals surface area contributed by atoms with Gasteiger partial charge < -0.3 is 25.0 Å². The van der Waals surface area contributed by atoms with Crippen molar-refractivity contribution in [2.24, 2.45) is 0 Å². The van der Waals surface area contributed by atoms with Crippen LogP contribution in [0.4, 0.5) is 0 Å². The monoisotopic (exact) mass is 394 g/mol. The maximum atomic E-state index is 12.2. The van der Waals surface area contributed by atoms with Crippen LogP contribution in [-0.4, -0.2) is 79.0 Å². The van der Waals surface area contributed by atoms with Crippen LogP contribution in [0.5, 0.6) is 5.75 Å². The molecule has 1 unspecified atom stereocenters. The molecule has 1 heterocycles. The number of morpholine rings is 1. The molecule has 0 saturated carbocycles. The number of carboxylic acid groups (broad SMARTS) is 2. The van der Waals surface area contributed by atoms with Gasteiger partial charge in [0.05, 0.1) is 25.4 Å². The molecule has 9 heteroatoms. The highest BCUT2D eigenvalue weighted by atomic mass is 16.5. The third-order valence-corrected chi connectivity index (χ3v) is 3.88. The maximum absolute atomic E-state index is 12.2. The molecule has 1 aliphatic heterocycles. The van der Waals surface area contributed by atoms with Gasteiger partial charge in [0, 0.05) is 31.8 Å². The summed E-state index contributed by atoms with van der Waals surface area (Å²) in [4.78, 5) is 33.6. The Bertz CT molecular complexity index is 675. The van der Waals surface area contributed by atoms with E-state index in [1.165, 1.54) is 0 Å². The minimum atomic E-state index is -1.26. The molecule has 28 heavy (non-hydrogen) atoms. The molecule has 9 nitrogen and oxygen atoms in total. The first-order chi connectivity index (χ1) is 13.4. The molecular formula is C19H26N2O7. The normalized spacial score (nSPS) is 16.7. The molecule has 1 aromatic carbocycles. The van der Waals surface area contributed by atoms with Gasteiger partial charge in [-0.15, -0.1) is 0 Å². The number of likely N-dealkylation sites (N-methyl/N-ethyl adjacent to an activating group) is 1. The summed E-state index contributed by atoms with van der Waals surface area (Å²) in [6.07, 6.45) is 1.17. The van der Waals surface area contributed by atoms with Gasteiger partial charge in [0.15, 0.2) is 0 Å². The SMILES string of the molecule is CCN1CCOC(CNC(=O)c2ccccc2OC)C1.O=C(O)C=CC(=O)O. The number of hydrogen-bond acceptors (Lipinski definition) is 6. The molecule has 0 radical (unpaired) electrons. The quantitative estimate of drug-likeness (QED) is 0.582. The van der Waals surface area contributed by atoms with Gasteiger partial charge in [0.2, 0.25) is 0 Å². The lowest BCUT2D eigenvalue weighted by Gasteiger charge is -2.32. The zero-order valence-corrected chi connectivity index (χ0v) is 16.0. The van der Waals surface area contributed by atoms with Crippen LogP contribution < -0.4 is 10.1 Å². The first kappa shape index (κ1) is 23.1. The van der Waals surface area contributed by atoms with Crippen molar-refractivity contribution in [3.8, 4) is 5.75 Å².